The van der Waals surface area contributed by atoms with Gasteiger partial charge in [-0.15, -0.1) is 0 Å². The van der Waals surface area contributed by atoms with Crippen molar-refractivity contribution in [2.45, 2.75) is 44.9 Å². The van der Waals surface area contributed by atoms with Gasteiger partial charge in [0.1, 0.15) is 18.0 Å². The third-order valence-corrected chi connectivity index (χ3v) is 8.91. The molecular formula is C29H32N2O5S. The summed E-state index contributed by atoms with van der Waals surface area (Å²) in [5, 5.41) is 0. The van der Waals surface area contributed by atoms with Crippen LogP contribution in [0.2, 0.25) is 0 Å². The van der Waals surface area contributed by atoms with E-state index in [4.69, 9.17) is 9.47 Å². The number of ether oxygens (including phenoxy) is 2. The first-order valence-corrected chi connectivity index (χ1v) is 14.0. The molecule has 0 spiro atoms. The van der Waals surface area contributed by atoms with Crippen LogP contribution >= 0.6 is 0 Å². The molecule has 2 aliphatic heterocycles. The van der Waals surface area contributed by atoms with E-state index in [-0.39, 0.29) is 23.9 Å². The SMILES string of the molecule is COC1CN(C(=O)c2cc(C)ccc2C)CC1Oc1cccc(CS(=O)(=O)N2Cc3ccccc3C2)c1. The highest BCUT2D eigenvalue weighted by atomic mass is 32.2. The number of rotatable bonds is 7. The van der Waals surface area contributed by atoms with Crippen LogP contribution in [0.15, 0.2) is 66.7 Å². The highest BCUT2D eigenvalue weighted by molar-refractivity contribution is 7.88. The zero-order chi connectivity index (χ0) is 26.2. The molecule has 0 N–H and O–H groups in total. The van der Waals surface area contributed by atoms with E-state index >= 15 is 0 Å². The number of aryl methyl sites for hydroxylation is 2. The molecule has 8 heteroatoms. The van der Waals surface area contributed by atoms with Crippen molar-refractivity contribution in [3.8, 4) is 5.75 Å². The largest absolute Gasteiger partial charge is 0.486 e. The fourth-order valence-electron chi connectivity index (χ4n) is 5.07. The van der Waals surface area contributed by atoms with Crippen LogP contribution in [0.5, 0.6) is 5.75 Å². The summed E-state index contributed by atoms with van der Waals surface area (Å²) in [6.45, 7) is 5.52. The van der Waals surface area contributed by atoms with E-state index in [1.54, 1.807) is 30.2 Å². The third kappa shape index (κ3) is 5.42. The Balaban J connectivity index is 1.27. The van der Waals surface area contributed by atoms with Gasteiger partial charge in [-0.05, 0) is 54.3 Å². The number of hydrogen-bond acceptors (Lipinski definition) is 5. The van der Waals surface area contributed by atoms with Gasteiger partial charge in [-0.3, -0.25) is 4.79 Å². The Morgan fingerprint density at radius 2 is 1.62 bits per heavy atom. The molecule has 1 fully saturated rings. The number of sulfonamides is 1. The number of carbonyl (C=O) groups excluding carboxylic acids is 1. The number of likely N-dealkylation sites (tertiary alicyclic amines) is 1. The van der Waals surface area contributed by atoms with E-state index in [1.807, 2.05) is 62.4 Å². The van der Waals surface area contributed by atoms with E-state index < -0.39 is 10.0 Å². The van der Waals surface area contributed by atoms with Crippen molar-refractivity contribution in [3.05, 3.63) is 100 Å². The number of fused-ring (bicyclic) bond motifs is 1. The standard InChI is InChI=1S/C29H32N2O5S/c1-20-11-12-21(2)26(13-20)29(32)30-17-27(35-3)28(18-30)36-25-10-6-7-22(14-25)19-37(33,34)31-15-23-8-4-5-9-24(23)16-31/h4-14,27-28H,15-19H2,1-3H3. The highest BCUT2D eigenvalue weighted by Gasteiger charge is 2.38. The molecule has 0 bridgehead atoms. The topological polar surface area (TPSA) is 76.1 Å². The Bertz CT molecular complexity index is 1400. The molecule has 5 rings (SSSR count). The van der Waals surface area contributed by atoms with Crippen LogP contribution in [0.1, 0.15) is 38.2 Å². The van der Waals surface area contributed by atoms with Gasteiger partial charge < -0.3 is 14.4 Å². The smallest absolute Gasteiger partial charge is 0.254 e. The van der Waals surface area contributed by atoms with E-state index in [9.17, 15) is 13.2 Å². The first-order valence-electron chi connectivity index (χ1n) is 12.4. The molecule has 2 atom stereocenters. The summed E-state index contributed by atoms with van der Waals surface area (Å²) >= 11 is 0. The summed E-state index contributed by atoms with van der Waals surface area (Å²) in [6, 6.07) is 20.9. The molecule has 3 aromatic carbocycles. The van der Waals surface area contributed by atoms with E-state index in [0.29, 0.717) is 43.1 Å². The molecule has 7 nitrogen and oxygen atoms in total. The van der Waals surface area contributed by atoms with E-state index in [2.05, 4.69) is 0 Å². The fourth-order valence-corrected chi connectivity index (χ4v) is 6.52. The number of carbonyl (C=O) groups is 1. The van der Waals surface area contributed by atoms with Crippen molar-refractivity contribution in [2.24, 2.45) is 0 Å². The average Bonchev–Trinajstić information content (AvgIpc) is 3.50. The number of hydrogen-bond donors (Lipinski definition) is 0. The van der Waals surface area contributed by atoms with Gasteiger partial charge in [0.2, 0.25) is 10.0 Å². The minimum absolute atomic E-state index is 0.0409. The van der Waals surface area contributed by atoms with Crippen LogP contribution in [0.3, 0.4) is 0 Å². The average molecular weight is 521 g/mol. The van der Waals surface area contributed by atoms with Gasteiger partial charge in [0, 0.05) is 25.8 Å². The summed E-state index contributed by atoms with van der Waals surface area (Å²) in [7, 11) is -1.88. The van der Waals surface area contributed by atoms with Crippen LogP contribution in [-0.4, -0.2) is 55.9 Å². The fraction of sp³-hybridized carbons (Fsp3) is 0.345. The van der Waals surface area contributed by atoms with Crippen LogP contribution < -0.4 is 4.74 Å². The molecule has 0 saturated carbocycles. The van der Waals surface area contributed by atoms with Gasteiger partial charge in [-0.2, -0.15) is 4.31 Å². The number of amides is 1. The summed E-state index contributed by atoms with van der Waals surface area (Å²) in [4.78, 5) is 15.0. The Hall–Kier alpha value is -3.20. The lowest BCUT2D eigenvalue weighted by molar-refractivity contribution is 0.0339. The monoisotopic (exact) mass is 520 g/mol. The molecule has 0 aromatic heterocycles. The van der Waals surface area contributed by atoms with Gasteiger partial charge in [-0.1, -0.05) is 54.1 Å². The molecule has 0 aliphatic carbocycles. The number of methoxy groups -OCH3 is 1. The second-order valence-electron chi connectivity index (χ2n) is 9.90. The minimum Gasteiger partial charge on any atom is -0.486 e. The zero-order valence-electron chi connectivity index (χ0n) is 21.4. The van der Waals surface area contributed by atoms with Gasteiger partial charge in [0.15, 0.2) is 0 Å². The second-order valence-corrected chi connectivity index (χ2v) is 11.9. The Kier molecular flexibility index (Phi) is 7.07. The molecule has 1 amide bonds. The predicted octanol–water partition coefficient (Wildman–Crippen LogP) is 4.07. The van der Waals surface area contributed by atoms with Crippen LogP contribution in [0, 0.1) is 13.8 Å². The maximum Gasteiger partial charge on any atom is 0.254 e. The van der Waals surface area contributed by atoms with Crippen LogP contribution in [0.25, 0.3) is 0 Å². The van der Waals surface area contributed by atoms with Gasteiger partial charge in [0.25, 0.3) is 5.91 Å². The van der Waals surface area contributed by atoms with Gasteiger partial charge in [-0.25, -0.2) is 8.42 Å². The Labute approximate surface area is 218 Å². The lowest BCUT2D eigenvalue weighted by Gasteiger charge is -2.20. The van der Waals surface area contributed by atoms with Crippen molar-refractivity contribution in [1.29, 1.82) is 0 Å². The molecule has 2 heterocycles. The van der Waals surface area contributed by atoms with Crippen molar-refractivity contribution in [1.82, 2.24) is 9.21 Å². The maximum atomic E-state index is 13.2. The number of benzene rings is 3. The van der Waals surface area contributed by atoms with E-state index in [0.717, 1.165) is 22.3 Å². The summed E-state index contributed by atoms with van der Waals surface area (Å²) < 4.78 is 39.7. The Morgan fingerprint density at radius 3 is 2.32 bits per heavy atom. The normalized spacial score (nSPS) is 19.7. The van der Waals surface area contributed by atoms with Gasteiger partial charge in [0.05, 0.1) is 18.8 Å². The van der Waals surface area contributed by atoms with E-state index in [1.165, 1.54) is 4.31 Å². The van der Waals surface area contributed by atoms with Crippen LogP contribution in [0.4, 0.5) is 0 Å². The molecule has 37 heavy (non-hydrogen) atoms. The van der Waals surface area contributed by atoms with Crippen molar-refractivity contribution < 1.29 is 22.7 Å². The summed E-state index contributed by atoms with van der Waals surface area (Å²) in [5.74, 6) is 0.416. The number of nitrogens with zero attached hydrogens (tertiary/aromatic N) is 2. The third-order valence-electron chi connectivity index (χ3n) is 7.17. The maximum absolute atomic E-state index is 13.2. The van der Waals surface area contributed by atoms with Crippen molar-refractivity contribution in [2.75, 3.05) is 20.2 Å². The molecule has 2 aliphatic rings. The zero-order valence-corrected chi connectivity index (χ0v) is 22.2. The quantitative estimate of drug-likeness (QED) is 0.470. The lowest BCUT2D eigenvalue weighted by atomic mass is 10.0. The Morgan fingerprint density at radius 1 is 0.919 bits per heavy atom. The molecule has 0 radical (unpaired) electrons. The van der Waals surface area contributed by atoms with Crippen LogP contribution in [-0.2, 0) is 33.6 Å². The lowest BCUT2D eigenvalue weighted by Crippen LogP contribution is -2.32. The van der Waals surface area contributed by atoms with Gasteiger partial charge >= 0.3 is 0 Å². The second kappa shape index (κ2) is 10.3. The minimum atomic E-state index is -3.50. The molecule has 3 aromatic rings. The highest BCUT2D eigenvalue weighted by Crippen LogP contribution is 2.28. The molecule has 194 valence electrons. The molecule has 1 saturated heterocycles. The summed E-state index contributed by atoms with van der Waals surface area (Å²) in [6.07, 6.45) is -0.649. The predicted molar refractivity (Wildman–Crippen MR) is 142 cm³/mol. The summed E-state index contributed by atoms with van der Waals surface area (Å²) in [5.41, 5.74) is 5.41. The van der Waals surface area contributed by atoms with Crippen molar-refractivity contribution in [3.63, 3.8) is 0 Å². The van der Waals surface area contributed by atoms with Crippen molar-refractivity contribution >= 4 is 15.9 Å². The molecule has 2 unspecified atom stereocenters. The first kappa shape index (κ1) is 25.4. The molecular weight excluding hydrogens is 488 g/mol. The first-order chi connectivity index (χ1) is 17.7.